The molecule has 0 saturated heterocycles. The van der Waals surface area contributed by atoms with E-state index in [1.54, 1.807) is 5.56 Å². The Kier molecular flexibility index (Phi) is 4.97. The highest BCUT2D eigenvalue weighted by atomic mass is 15.1. The van der Waals surface area contributed by atoms with Gasteiger partial charge in [0.05, 0.1) is 0 Å². The molecule has 0 aromatic heterocycles. The van der Waals surface area contributed by atoms with Crippen LogP contribution in [0.4, 0.5) is 0 Å². The summed E-state index contributed by atoms with van der Waals surface area (Å²) in [4.78, 5) is 2.52. The van der Waals surface area contributed by atoms with Crippen LogP contribution >= 0.6 is 0 Å². The van der Waals surface area contributed by atoms with Gasteiger partial charge in [0.15, 0.2) is 0 Å². The van der Waals surface area contributed by atoms with E-state index in [0.29, 0.717) is 6.04 Å². The highest BCUT2D eigenvalue weighted by Gasteiger charge is 2.29. The number of benzene rings is 1. The lowest BCUT2D eigenvalue weighted by atomic mass is 9.88. The fourth-order valence-electron chi connectivity index (χ4n) is 4.03. The Hall–Kier alpha value is -0.860. The van der Waals surface area contributed by atoms with Gasteiger partial charge >= 0.3 is 0 Å². The predicted octanol–water partition coefficient (Wildman–Crippen LogP) is 4.08. The molecule has 2 aliphatic carbocycles. The predicted molar refractivity (Wildman–Crippen MR) is 89.4 cm³/mol. The zero-order valence-electron chi connectivity index (χ0n) is 13.4. The van der Waals surface area contributed by atoms with E-state index in [1.807, 2.05) is 0 Å². The zero-order chi connectivity index (χ0) is 14.7. The average Bonchev–Trinajstić information content (AvgIpc) is 3.34. The van der Waals surface area contributed by atoms with Crippen LogP contribution in [0.25, 0.3) is 0 Å². The molecule has 0 aliphatic heterocycles. The van der Waals surface area contributed by atoms with Gasteiger partial charge in [-0.3, -0.25) is 4.90 Å². The second kappa shape index (κ2) is 6.93. The third-order valence-electron chi connectivity index (χ3n) is 5.40. The number of rotatable bonds is 6. The molecular weight excluding hydrogens is 256 g/mol. The summed E-state index contributed by atoms with van der Waals surface area (Å²) >= 11 is 0. The number of nitrogens with two attached hydrogens (primary N) is 1. The summed E-state index contributed by atoms with van der Waals surface area (Å²) in [6, 6.07) is 9.39. The van der Waals surface area contributed by atoms with Crippen LogP contribution in [-0.2, 0) is 0 Å². The third kappa shape index (κ3) is 3.67. The molecule has 3 rings (SSSR count). The third-order valence-corrected chi connectivity index (χ3v) is 5.40. The molecule has 2 nitrogen and oxygen atoms in total. The first kappa shape index (κ1) is 15.1. The maximum absolute atomic E-state index is 6.16. The van der Waals surface area contributed by atoms with Crippen molar-refractivity contribution in [3.8, 4) is 0 Å². The van der Waals surface area contributed by atoms with Gasteiger partial charge in [-0.1, -0.05) is 43.5 Å². The summed E-state index contributed by atoms with van der Waals surface area (Å²) in [5, 5.41) is 0. The monoisotopic (exact) mass is 286 g/mol. The van der Waals surface area contributed by atoms with E-state index in [1.165, 1.54) is 57.1 Å². The summed E-state index contributed by atoms with van der Waals surface area (Å²) < 4.78 is 0. The molecule has 0 heterocycles. The minimum Gasteiger partial charge on any atom is -0.329 e. The lowest BCUT2D eigenvalue weighted by molar-refractivity contribution is 0.185. The van der Waals surface area contributed by atoms with Gasteiger partial charge in [-0.05, 0) is 55.7 Å². The zero-order valence-corrected chi connectivity index (χ0v) is 13.4. The lowest BCUT2D eigenvalue weighted by Crippen LogP contribution is -2.35. The summed E-state index contributed by atoms with van der Waals surface area (Å²) in [5.41, 5.74) is 9.20. The van der Waals surface area contributed by atoms with Gasteiger partial charge in [-0.2, -0.15) is 0 Å². The Morgan fingerprint density at radius 1 is 1.10 bits per heavy atom. The average molecular weight is 286 g/mol. The van der Waals surface area contributed by atoms with Crippen LogP contribution in [-0.4, -0.2) is 25.0 Å². The summed E-state index contributed by atoms with van der Waals surface area (Å²) in [6.07, 6.45) is 9.82. The van der Waals surface area contributed by atoms with Crippen LogP contribution in [0, 0.1) is 5.92 Å². The van der Waals surface area contributed by atoms with Gasteiger partial charge in [0.2, 0.25) is 0 Å². The molecular formula is C19H30N2. The molecule has 2 fully saturated rings. The van der Waals surface area contributed by atoms with E-state index >= 15 is 0 Å². The molecule has 0 amide bonds. The molecule has 2 saturated carbocycles. The van der Waals surface area contributed by atoms with Crippen LogP contribution in [0.1, 0.15) is 68.0 Å². The van der Waals surface area contributed by atoms with Crippen molar-refractivity contribution in [2.75, 3.05) is 20.1 Å². The Bertz CT molecular complexity index is 447. The van der Waals surface area contributed by atoms with Crippen LogP contribution in [0.2, 0.25) is 0 Å². The van der Waals surface area contributed by atoms with E-state index in [2.05, 4.69) is 36.2 Å². The minimum atomic E-state index is 0.392. The molecule has 1 aromatic carbocycles. The molecule has 2 heteroatoms. The molecule has 0 bridgehead atoms. The van der Waals surface area contributed by atoms with E-state index in [0.717, 1.165) is 18.4 Å². The molecule has 1 unspecified atom stereocenters. The van der Waals surface area contributed by atoms with Crippen molar-refractivity contribution in [1.29, 1.82) is 0 Å². The fourth-order valence-corrected chi connectivity index (χ4v) is 4.03. The number of likely N-dealkylation sites (N-methyl/N-ethyl adjacent to an activating group) is 1. The summed E-state index contributed by atoms with van der Waals surface area (Å²) in [5.74, 6) is 1.68. The first-order valence-electron chi connectivity index (χ1n) is 8.78. The van der Waals surface area contributed by atoms with E-state index in [-0.39, 0.29) is 0 Å². The van der Waals surface area contributed by atoms with Gasteiger partial charge in [-0.25, -0.2) is 0 Å². The van der Waals surface area contributed by atoms with Crippen LogP contribution in [0.15, 0.2) is 24.3 Å². The van der Waals surface area contributed by atoms with Crippen molar-refractivity contribution in [2.45, 2.75) is 56.9 Å². The summed E-state index contributed by atoms with van der Waals surface area (Å²) in [6.45, 7) is 1.94. The van der Waals surface area contributed by atoms with Gasteiger partial charge in [0, 0.05) is 19.1 Å². The van der Waals surface area contributed by atoms with Crippen LogP contribution in [0.3, 0.4) is 0 Å². The Labute approximate surface area is 129 Å². The van der Waals surface area contributed by atoms with Crippen molar-refractivity contribution in [3.05, 3.63) is 35.4 Å². The molecule has 0 radical (unpaired) electrons. The Morgan fingerprint density at radius 2 is 1.81 bits per heavy atom. The molecule has 116 valence electrons. The maximum Gasteiger partial charge on any atom is 0.0470 e. The lowest BCUT2D eigenvalue weighted by Gasteiger charge is -2.33. The second-order valence-corrected chi connectivity index (χ2v) is 7.10. The largest absolute Gasteiger partial charge is 0.329 e. The first-order chi connectivity index (χ1) is 10.3. The fraction of sp³-hybridized carbons (Fsp3) is 0.684. The van der Waals surface area contributed by atoms with E-state index < -0.39 is 0 Å². The van der Waals surface area contributed by atoms with Crippen molar-refractivity contribution in [3.63, 3.8) is 0 Å². The Morgan fingerprint density at radius 3 is 2.48 bits per heavy atom. The maximum atomic E-state index is 6.16. The number of hydrogen-bond acceptors (Lipinski definition) is 2. The standard InChI is InChI=1S/C19H30N2/c1-21(14-15-7-3-2-4-8-15)19(13-20)18-10-6-5-9-17(18)16-11-12-16/h5-6,9-10,15-16,19H,2-4,7-8,11-14,20H2,1H3. The Balaban J connectivity index is 1.71. The highest BCUT2D eigenvalue weighted by molar-refractivity contribution is 5.35. The second-order valence-electron chi connectivity index (χ2n) is 7.10. The molecule has 1 atom stereocenters. The first-order valence-corrected chi connectivity index (χ1v) is 8.78. The van der Waals surface area contributed by atoms with Gasteiger partial charge in [-0.15, -0.1) is 0 Å². The van der Waals surface area contributed by atoms with Crippen molar-refractivity contribution in [2.24, 2.45) is 11.7 Å². The van der Waals surface area contributed by atoms with E-state index in [9.17, 15) is 0 Å². The molecule has 2 N–H and O–H groups in total. The van der Waals surface area contributed by atoms with Crippen molar-refractivity contribution < 1.29 is 0 Å². The number of hydrogen-bond donors (Lipinski definition) is 1. The summed E-state index contributed by atoms with van der Waals surface area (Å²) in [7, 11) is 2.27. The molecule has 0 spiro atoms. The van der Waals surface area contributed by atoms with Crippen molar-refractivity contribution in [1.82, 2.24) is 4.90 Å². The van der Waals surface area contributed by atoms with Gasteiger partial charge in [0.1, 0.15) is 0 Å². The van der Waals surface area contributed by atoms with Crippen LogP contribution < -0.4 is 5.73 Å². The highest BCUT2D eigenvalue weighted by Crippen LogP contribution is 2.43. The number of nitrogens with zero attached hydrogens (tertiary/aromatic N) is 1. The molecule has 1 aromatic rings. The SMILES string of the molecule is CN(CC1CCCCC1)C(CN)c1ccccc1C1CC1. The van der Waals surface area contributed by atoms with Crippen molar-refractivity contribution >= 4 is 0 Å². The van der Waals surface area contributed by atoms with Gasteiger partial charge < -0.3 is 5.73 Å². The van der Waals surface area contributed by atoms with Gasteiger partial charge in [0.25, 0.3) is 0 Å². The van der Waals surface area contributed by atoms with Crippen LogP contribution in [0.5, 0.6) is 0 Å². The smallest absolute Gasteiger partial charge is 0.0470 e. The molecule has 2 aliphatic rings. The quantitative estimate of drug-likeness (QED) is 0.854. The topological polar surface area (TPSA) is 29.3 Å². The normalized spacial score (nSPS) is 21.7. The minimum absolute atomic E-state index is 0.392. The molecule has 21 heavy (non-hydrogen) atoms. The van der Waals surface area contributed by atoms with E-state index in [4.69, 9.17) is 5.73 Å².